The van der Waals surface area contributed by atoms with Crippen molar-refractivity contribution < 1.29 is 4.52 Å². The van der Waals surface area contributed by atoms with Crippen LogP contribution in [0.15, 0.2) is 33.7 Å². The van der Waals surface area contributed by atoms with Gasteiger partial charge < -0.3 is 9.84 Å². The molecule has 1 aromatic heterocycles. The Labute approximate surface area is 127 Å². The third-order valence-electron chi connectivity index (χ3n) is 3.28. The molecular weight excluding hydrogens is 294 g/mol. The third-order valence-corrected chi connectivity index (χ3v) is 4.54. The molecule has 1 unspecified atom stereocenters. The van der Waals surface area contributed by atoms with Gasteiger partial charge in [-0.15, -0.1) is 11.8 Å². The van der Waals surface area contributed by atoms with Crippen LogP contribution in [0.5, 0.6) is 0 Å². The molecule has 1 aliphatic rings. The predicted molar refractivity (Wildman–Crippen MR) is 80.0 cm³/mol. The van der Waals surface area contributed by atoms with Gasteiger partial charge in [0.05, 0.1) is 5.75 Å². The quantitative estimate of drug-likeness (QED) is 0.859. The van der Waals surface area contributed by atoms with E-state index >= 15 is 0 Å². The van der Waals surface area contributed by atoms with Gasteiger partial charge >= 0.3 is 0 Å². The maximum atomic E-state index is 5.86. The first-order valence-corrected chi connectivity index (χ1v) is 8.09. The van der Waals surface area contributed by atoms with Crippen LogP contribution in [0.25, 0.3) is 0 Å². The van der Waals surface area contributed by atoms with Gasteiger partial charge in [-0.25, -0.2) is 0 Å². The molecule has 0 spiro atoms. The van der Waals surface area contributed by atoms with Crippen molar-refractivity contribution in [2.75, 3.05) is 6.54 Å². The molecule has 0 saturated carbocycles. The molecule has 0 radical (unpaired) electrons. The van der Waals surface area contributed by atoms with Gasteiger partial charge in [0.2, 0.25) is 5.89 Å². The average Bonchev–Trinajstić information content (AvgIpc) is 3.11. The number of nitrogens with zero attached hydrogens (tertiary/aromatic N) is 2. The molecule has 1 atom stereocenters. The van der Waals surface area contributed by atoms with Gasteiger partial charge in [0.25, 0.3) is 0 Å². The zero-order valence-electron chi connectivity index (χ0n) is 11.0. The monoisotopic (exact) mass is 309 g/mol. The number of thioether (sulfide) groups is 1. The van der Waals surface area contributed by atoms with Crippen LogP contribution in [0.1, 0.15) is 24.6 Å². The molecule has 2 heterocycles. The fourth-order valence-electron chi connectivity index (χ4n) is 2.25. The highest BCUT2D eigenvalue weighted by atomic mass is 35.5. The van der Waals surface area contributed by atoms with E-state index < -0.39 is 0 Å². The second-order valence-corrected chi connectivity index (χ2v) is 6.33. The number of benzene rings is 1. The Morgan fingerprint density at radius 1 is 1.35 bits per heavy atom. The molecule has 1 N–H and O–H groups in total. The van der Waals surface area contributed by atoms with Gasteiger partial charge in [-0.05, 0) is 43.7 Å². The van der Waals surface area contributed by atoms with E-state index in [1.54, 1.807) is 11.8 Å². The van der Waals surface area contributed by atoms with Crippen LogP contribution < -0.4 is 5.32 Å². The first kappa shape index (κ1) is 13.9. The SMILES string of the molecule is Clc1ccc(SCc2noc(CC3CCCN3)n2)cc1. The molecule has 106 valence electrons. The van der Waals surface area contributed by atoms with Gasteiger partial charge in [-0.2, -0.15) is 4.98 Å². The average molecular weight is 310 g/mol. The zero-order valence-corrected chi connectivity index (χ0v) is 12.6. The second kappa shape index (κ2) is 6.61. The van der Waals surface area contributed by atoms with Crippen LogP contribution in [0.2, 0.25) is 5.02 Å². The van der Waals surface area contributed by atoms with Crippen LogP contribution in [-0.2, 0) is 12.2 Å². The molecule has 0 aliphatic carbocycles. The lowest BCUT2D eigenvalue weighted by atomic mass is 10.2. The number of nitrogens with one attached hydrogen (secondary N) is 1. The van der Waals surface area contributed by atoms with Crippen LogP contribution in [0.4, 0.5) is 0 Å². The fourth-order valence-corrected chi connectivity index (χ4v) is 3.12. The van der Waals surface area contributed by atoms with E-state index in [-0.39, 0.29) is 0 Å². The van der Waals surface area contributed by atoms with Crippen molar-refractivity contribution in [1.29, 1.82) is 0 Å². The Hall–Kier alpha value is -1.04. The summed E-state index contributed by atoms with van der Waals surface area (Å²) in [7, 11) is 0. The predicted octanol–water partition coefficient (Wildman–Crippen LogP) is 3.31. The molecule has 0 amide bonds. The van der Waals surface area contributed by atoms with E-state index in [1.807, 2.05) is 24.3 Å². The van der Waals surface area contributed by atoms with Gasteiger partial charge in [-0.3, -0.25) is 0 Å². The van der Waals surface area contributed by atoms with Gasteiger partial charge in [-0.1, -0.05) is 16.8 Å². The van der Waals surface area contributed by atoms with E-state index in [4.69, 9.17) is 16.1 Å². The summed E-state index contributed by atoms with van der Waals surface area (Å²) in [6.07, 6.45) is 3.26. The summed E-state index contributed by atoms with van der Waals surface area (Å²) < 4.78 is 5.30. The van der Waals surface area contributed by atoms with E-state index in [1.165, 1.54) is 12.8 Å². The largest absolute Gasteiger partial charge is 0.339 e. The molecule has 2 aromatic rings. The third kappa shape index (κ3) is 3.75. The molecule has 3 rings (SSSR count). The van der Waals surface area contributed by atoms with E-state index in [9.17, 15) is 0 Å². The van der Waals surface area contributed by atoms with Crippen molar-refractivity contribution in [2.45, 2.75) is 36.0 Å². The van der Waals surface area contributed by atoms with Crippen molar-refractivity contribution in [3.8, 4) is 0 Å². The topological polar surface area (TPSA) is 51.0 Å². The lowest BCUT2D eigenvalue weighted by Gasteiger charge is -2.04. The molecule has 1 aliphatic heterocycles. The van der Waals surface area contributed by atoms with Crippen molar-refractivity contribution >= 4 is 23.4 Å². The Balaban J connectivity index is 1.52. The maximum Gasteiger partial charge on any atom is 0.228 e. The minimum absolute atomic E-state index is 0.493. The molecule has 1 fully saturated rings. The normalized spacial score (nSPS) is 18.6. The summed E-state index contributed by atoms with van der Waals surface area (Å²) >= 11 is 7.54. The van der Waals surface area contributed by atoms with Crippen molar-refractivity contribution in [1.82, 2.24) is 15.5 Å². The minimum Gasteiger partial charge on any atom is -0.339 e. The van der Waals surface area contributed by atoms with Crippen LogP contribution in [-0.4, -0.2) is 22.7 Å². The standard InChI is InChI=1S/C14H16ClN3OS/c15-10-3-5-12(6-4-10)20-9-13-17-14(19-18-13)8-11-2-1-7-16-11/h3-6,11,16H,1-2,7-9H2. The first-order chi connectivity index (χ1) is 9.79. The maximum absolute atomic E-state index is 5.86. The highest BCUT2D eigenvalue weighted by Gasteiger charge is 2.18. The molecular formula is C14H16ClN3OS. The summed E-state index contributed by atoms with van der Waals surface area (Å²) in [5.41, 5.74) is 0. The van der Waals surface area contributed by atoms with Crippen LogP contribution in [0.3, 0.4) is 0 Å². The summed E-state index contributed by atoms with van der Waals surface area (Å²) in [5, 5.41) is 8.21. The molecule has 20 heavy (non-hydrogen) atoms. The Bertz CT molecular complexity index is 552. The highest BCUT2D eigenvalue weighted by Crippen LogP contribution is 2.23. The van der Waals surface area contributed by atoms with E-state index in [0.717, 1.165) is 34.6 Å². The molecule has 1 aromatic carbocycles. The zero-order chi connectivity index (χ0) is 13.8. The highest BCUT2D eigenvalue weighted by molar-refractivity contribution is 7.98. The van der Waals surface area contributed by atoms with E-state index in [0.29, 0.717) is 11.8 Å². The fraction of sp³-hybridized carbons (Fsp3) is 0.429. The lowest BCUT2D eigenvalue weighted by molar-refractivity contribution is 0.361. The summed E-state index contributed by atoms with van der Waals surface area (Å²) in [4.78, 5) is 5.59. The summed E-state index contributed by atoms with van der Waals surface area (Å²) in [6, 6.07) is 8.26. The van der Waals surface area contributed by atoms with Gasteiger partial charge in [0, 0.05) is 22.4 Å². The molecule has 1 saturated heterocycles. The van der Waals surface area contributed by atoms with E-state index in [2.05, 4.69) is 15.5 Å². The minimum atomic E-state index is 0.493. The van der Waals surface area contributed by atoms with Crippen molar-refractivity contribution in [2.24, 2.45) is 0 Å². The van der Waals surface area contributed by atoms with Crippen molar-refractivity contribution in [3.05, 3.63) is 41.0 Å². The second-order valence-electron chi connectivity index (χ2n) is 4.84. The van der Waals surface area contributed by atoms with Gasteiger partial charge in [0.15, 0.2) is 5.82 Å². The van der Waals surface area contributed by atoms with Crippen molar-refractivity contribution in [3.63, 3.8) is 0 Å². The Morgan fingerprint density at radius 3 is 2.95 bits per heavy atom. The lowest BCUT2D eigenvalue weighted by Crippen LogP contribution is -2.23. The number of hydrogen-bond acceptors (Lipinski definition) is 5. The Morgan fingerprint density at radius 2 is 2.20 bits per heavy atom. The molecule has 4 nitrogen and oxygen atoms in total. The molecule has 0 bridgehead atoms. The van der Waals surface area contributed by atoms with Crippen LogP contribution in [0, 0.1) is 0 Å². The van der Waals surface area contributed by atoms with Crippen LogP contribution >= 0.6 is 23.4 Å². The summed E-state index contributed by atoms with van der Waals surface area (Å²) in [5.74, 6) is 2.19. The number of hydrogen-bond donors (Lipinski definition) is 1. The number of aromatic nitrogens is 2. The number of halogens is 1. The Kier molecular flexibility index (Phi) is 4.60. The first-order valence-electron chi connectivity index (χ1n) is 6.73. The number of rotatable bonds is 5. The summed E-state index contributed by atoms with van der Waals surface area (Å²) in [6.45, 7) is 1.10. The smallest absolute Gasteiger partial charge is 0.228 e. The molecule has 6 heteroatoms. The van der Waals surface area contributed by atoms with Gasteiger partial charge in [0.1, 0.15) is 0 Å².